The quantitative estimate of drug-likeness (QED) is 0.918. The number of ether oxygens (including phenoxy) is 2. The molecule has 24 heavy (non-hydrogen) atoms. The van der Waals surface area contributed by atoms with Crippen LogP contribution in [0.25, 0.3) is 0 Å². The van der Waals surface area contributed by atoms with Gasteiger partial charge in [0.15, 0.2) is 0 Å². The molecule has 1 aromatic heterocycles. The van der Waals surface area contributed by atoms with Gasteiger partial charge in [-0.1, -0.05) is 23.5 Å². The lowest BCUT2D eigenvalue weighted by atomic mass is 10.1. The van der Waals surface area contributed by atoms with Gasteiger partial charge in [-0.05, 0) is 24.6 Å². The monoisotopic (exact) mass is 348 g/mol. The molecule has 0 radical (unpaired) electrons. The summed E-state index contributed by atoms with van der Waals surface area (Å²) in [5.41, 5.74) is 1.09. The van der Waals surface area contributed by atoms with E-state index < -0.39 is 0 Å². The number of rotatable bonds is 4. The standard InChI is InChI=1S/C16H20N4O3S/c1-11-10-20(6-7-23-11)16(21)17-15-19-18-14(24-15)9-12-4-3-5-13(8-12)22-2/h3-5,8,11H,6-7,9-10H2,1-2H3,(H,17,19,21). The Kier molecular flexibility index (Phi) is 5.27. The predicted octanol–water partition coefficient (Wildman–Crippen LogP) is 2.39. The van der Waals surface area contributed by atoms with E-state index in [1.807, 2.05) is 31.2 Å². The van der Waals surface area contributed by atoms with Crippen LogP contribution < -0.4 is 10.1 Å². The third kappa shape index (κ3) is 4.21. The molecular formula is C16H20N4O3S. The first kappa shape index (κ1) is 16.7. The molecule has 1 fully saturated rings. The summed E-state index contributed by atoms with van der Waals surface area (Å²) in [7, 11) is 1.64. The number of methoxy groups -OCH3 is 1. The Morgan fingerprint density at radius 1 is 1.50 bits per heavy atom. The molecule has 1 N–H and O–H groups in total. The summed E-state index contributed by atoms with van der Waals surface area (Å²) < 4.78 is 10.7. The van der Waals surface area contributed by atoms with Crippen LogP contribution in [-0.2, 0) is 11.2 Å². The third-order valence-electron chi connectivity index (χ3n) is 3.70. The number of morpholine rings is 1. The van der Waals surface area contributed by atoms with Gasteiger partial charge in [0, 0.05) is 19.5 Å². The molecule has 0 saturated carbocycles. The molecule has 1 aliphatic rings. The molecule has 1 atom stereocenters. The summed E-state index contributed by atoms with van der Waals surface area (Å²) in [6.07, 6.45) is 0.710. The third-order valence-corrected chi connectivity index (χ3v) is 4.54. The molecule has 7 nitrogen and oxygen atoms in total. The Morgan fingerprint density at radius 2 is 2.38 bits per heavy atom. The molecule has 1 aromatic carbocycles. The molecule has 1 unspecified atom stereocenters. The number of carbonyl (C=O) groups excluding carboxylic acids is 1. The second-order valence-electron chi connectivity index (χ2n) is 5.59. The fourth-order valence-electron chi connectivity index (χ4n) is 2.51. The number of urea groups is 1. The highest BCUT2D eigenvalue weighted by molar-refractivity contribution is 7.15. The normalized spacial score (nSPS) is 17.6. The van der Waals surface area contributed by atoms with Gasteiger partial charge in [-0.3, -0.25) is 5.32 Å². The zero-order chi connectivity index (χ0) is 16.9. The van der Waals surface area contributed by atoms with E-state index in [4.69, 9.17) is 9.47 Å². The molecule has 128 valence electrons. The van der Waals surface area contributed by atoms with Gasteiger partial charge in [-0.2, -0.15) is 0 Å². The topological polar surface area (TPSA) is 76.6 Å². The second kappa shape index (κ2) is 7.59. The van der Waals surface area contributed by atoms with Crippen molar-refractivity contribution in [3.8, 4) is 5.75 Å². The zero-order valence-electron chi connectivity index (χ0n) is 13.7. The molecule has 1 aliphatic heterocycles. The molecular weight excluding hydrogens is 328 g/mol. The lowest BCUT2D eigenvalue weighted by molar-refractivity contribution is -0.00138. The Labute approximate surface area is 144 Å². The Morgan fingerprint density at radius 3 is 3.17 bits per heavy atom. The van der Waals surface area contributed by atoms with Crippen molar-refractivity contribution < 1.29 is 14.3 Å². The highest BCUT2D eigenvalue weighted by Crippen LogP contribution is 2.21. The summed E-state index contributed by atoms with van der Waals surface area (Å²) >= 11 is 1.38. The van der Waals surface area contributed by atoms with Crippen molar-refractivity contribution in [1.82, 2.24) is 15.1 Å². The van der Waals surface area contributed by atoms with Crippen molar-refractivity contribution in [2.75, 3.05) is 32.1 Å². The summed E-state index contributed by atoms with van der Waals surface area (Å²) in [4.78, 5) is 14.0. The first-order valence-electron chi connectivity index (χ1n) is 7.77. The van der Waals surface area contributed by atoms with Crippen LogP contribution in [0.3, 0.4) is 0 Å². The highest BCUT2D eigenvalue weighted by atomic mass is 32.1. The van der Waals surface area contributed by atoms with Crippen LogP contribution in [-0.4, -0.2) is 54.0 Å². The molecule has 3 rings (SSSR count). The number of carbonyl (C=O) groups is 1. The van der Waals surface area contributed by atoms with E-state index in [1.165, 1.54) is 11.3 Å². The van der Waals surface area contributed by atoms with Gasteiger partial charge >= 0.3 is 6.03 Å². The van der Waals surface area contributed by atoms with Crippen molar-refractivity contribution >= 4 is 22.5 Å². The lowest BCUT2D eigenvalue weighted by Crippen LogP contribution is -2.46. The predicted molar refractivity (Wildman–Crippen MR) is 91.7 cm³/mol. The van der Waals surface area contributed by atoms with Gasteiger partial charge < -0.3 is 14.4 Å². The molecule has 2 aromatic rings. The summed E-state index contributed by atoms with van der Waals surface area (Å²) in [5.74, 6) is 0.812. The summed E-state index contributed by atoms with van der Waals surface area (Å²) in [5, 5.41) is 12.4. The largest absolute Gasteiger partial charge is 0.497 e. The average molecular weight is 348 g/mol. The van der Waals surface area contributed by atoms with Crippen molar-refractivity contribution in [2.45, 2.75) is 19.4 Å². The van der Waals surface area contributed by atoms with Crippen LogP contribution in [0.4, 0.5) is 9.93 Å². The van der Waals surface area contributed by atoms with Gasteiger partial charge in [0.25, 0.3) is 0 Å². The molecule has 8 heteroatoms. The molecule has 2 amide bonds. The average Bonchev–Trinajstić information content (AvgIpc) is 3.02. The maximum absolute atomic E-state index is 12.2. The van der Waals surface area contributed by atoms with Crippen molar-refractivity contribution in [1.29, 1.82) is 0 Å². The number of nitrogens with zero attached hydrogens (tertiary/aromatic N) is 3. The van der Waals surface area contributed by atoms with Crippen molar-refractivity contribution in [2.24, 2.45) is 0 Å². The first-order valence-corrected chi connectivity index (χ1v) is 8.58. The number of nitrogens with one attached hydrogen (secondary N) is 1. The smallest absolute Gasteiger partial charge is 0.323 e. The number of anilines is 1. The van der Waals surface area contributed by atoms with Crippen LogP contribution in [0.15, 0.2) is 24.3 Å². The fourth-order valence-corrected chi connectivity index (χ4v) is 3.27. The number of hydrogen-bond acceptors (Lipinski definition) is 6. The minimum Gasteiger partial charge on any atom is -0.497 e. The zero-order valence-corrected chi connectivity index (χ0v) is 14.5. The molecule has 0 spiro atoms. The summed E-state index contributed by atoms with van der Waals surface area (Å²) in [6, 6.07) is 7.66. The maximum atomic E-state index is 12.2. The van der Waals surface area contributed by atoms with Crippen LogP contribution in [0.5, 0.6) is 5.75 Å². The van der Waals surface area contributed by atoms with E-state index in [2.05, 4.69) is 15.5 Å². The first-order chi connectivity index (χ1) is 11.6. The van der Waals surface area contributed by atoms with E-state index in [0.29, 0.717) is 31.2 Å². The van der Waals surface area contributed by atoms with Crippen LogP contribution in [0.2, 0.25) is 0 Å². The number of hydrogen-bond donors (Lipinski definition) is 1. The van der Waals surface area contributed by atoms with Gasteiger partial charge in [0.1, 0.15) is 10.8 Å². The summed E-state index contributed by atoms with van der Waals surface area (Å²) in [6.45, 7) is 3.69. The van der Waals surface area contributed by atoms with E-state index in [-0.39, 0.29) is 12.1 Å². The minimum atomic E-state index is -0.158. The van der Waals surface area contributed by atoms with Crippen molar-refractivity contribution in [3.63, 3.8) is 0 Å². The fraction of sp³-hybridized carbons (Fsp3) is 0.438. The van der Waals surface area contributed by atoms with Gasteiger partial charge in [-0.15, -0.1) is 10.2 Å². The van der Waals surface area contributed by atoms with Crippen LogP contribution in [0, 0.1) is 0 Å². The lowest BCUT2D eigenvalue weighted by Gasteiger charge is -2.30. The number of aromatic nitrogens is 2. The van der Waals surface area contributed by atoms with Crippen molar-refractivity contribution in [3.05, 3.63) is 34.8 Å². The number of amides is 2. The number of benzene rings is 1. The van der Waals surface area contributed by atoms with Crippen LogP contribution >= 0.6 is 11.3 Å². The van der Waals surface area contributed by atoms with Crippen LogP contribution in [0.1, 0.15) is 17.5 Å². The van der Waals surface area contributed by atoms with E-state index >= 15 is 0 Å². The highest BCUT2D eigenvalue weighted by Gasteiger charge is 2.22. The molecule has 0 aliphatic carbocycles. The second-order valence-corrected chi connectivity index (χ2v) is 6.65. The molecule has 0 bridgehead atoms. The molecule has 2 heterocycles. The van der Waals surface area contributed by atoms with E-state index in [1.54, 1.807) is 12.0 Å². The van der Waals surface area contributed by atoms with E-state index in [0.717, 1.165) is 16.3 Å². The minimum absolute atomic E-state index is 0.0579. The SMILES string of the molecule is COc1cccc(Cc2nnc(NC(=O)N3CCOC(C)C3)s2)c1. The van der Waals surface area contributed by atoms with Gasteiger partial charge in [0.05, 0.1) is 19.8 Å². The Hall–Kier alpha value is -2.19. The maximum Gasteiger partial charge on any atom is 0.323 e. The van der Waals surface area contributed by atoms with Gasteiger partial charge in [0.2, 0.25) is 5.13 Å². The Bertz CT molecular complexity index is 706. The molecule has 1 saturated heterocycles. The van der Waals surface area contributed by atoms with E-state index in [9.17, 15) is 4.79 Å². The Balaban J connectivity index is 1.59. The van der Waals surface area contributed by atoms with Gasteiger partial charge in [-0.25, -0.2) is 4.79 Å².